The molecule has 84 valence electrons. The Kier molecular flexibility index (Phi) is 5.45. The van der Waals surface area contributed by atoms with Gasteiger partial charge < -0.3 is 14.7 Å². The van der Waals surface area contributed by atoms with Crippen molar-refractivity contribution in [3.8, 4) is 0 Å². The van der Waals surface area contributed by atoms with Crippen LogP contribution in [0.1, 0.15) is 26.7 Å². The molecular formula is C11H23NO2. The van der Waals surface area contributed by atoms with Gasteiger partial charge in [0.1, 0.15) is 0 Å². The molecule has 1 aliphatic rings. The number of hydrogen-bond acceptors (Lipinski definition) is 3. The Labute approximate surface area is 87.1 Å². The summed E-state index contributed by atoms with van der Waals surface area (Å²) in [7, 11) is 0. The van der Waals surface area contributed by atoms with E-state index >= 15 is 0 Å². The molecule has 0 aliphatic carbocycles. The van der Waals surface area contributed by atoms with Gasteiger partial charge in [-0.1, -0.05) is 13.8 Å². The van der Waals surface area contributed by atoms with Gasteiger partial charge in [0.05, 0.1) is 12.7 Å². The van der Waals surface area contributed by atoms with Crippen LogP contribution in [0.15, 0.2) is 0 Å². The first kappa shape index (κ1) is 12.0. The molecule has 0 amide bonds. The van der Waals surface area contributed by atoms with E-state index in [1.807, 2.05) is 0 Å². The van der Waals surface area contributed by atoms with Crippen LogP contribution in [0.2, 0.25) is 0 Å². The van der Waals surface area contributed by atoms with Gasteiger partial charge in [0.2, 0.25) is 0 Å². The van der Waals surface area contributed by atoms with Crippen molar-refractivity contribution in [3.05, 3.63) is 0 Å². The van der Waals surface area contributed by atoms with E-state index in [0.29, 0.717) is 5.92 Å². The highest BCUT2D eigenvalue weighted by molar-refractivity contribution is 4.73. The number of nitrogens with zero attached hydrogens (tertiary/aromatic N) is 1. The van der Waals surface area contributed by atoms with E-state index in [1.165, 1.54) is 0 Å². The van der Waals surface area contributed by atoms with Gasteiger partial charge in [-0.25, -0.2) is 0 Å². The SMILES string of the molecule is CCN(CC)CCC(O)C1CCOC1. The molecule has 1 saturated heterocycles. The van der Waals surface area contributed by atoms with Crippen LogP contribution in [0.4, 0.5) is 0 Å². The fourth-order valence-corrected chi connectivity index (χ4v) is 1.95. The van der Waals surface area contributed by atoms with Crippen molar-refractivity contribution >= 4 is 0 Å². The lowest BCUT2D eigenvalue weighted by Gasteiger charge is -2.22. The summed E-state index contributed by atoms with van der Waals surface area (Å²) in [6, 6.07) is 0. The van der Waals surface area contributed by atoms with Crippen LogP contribution in [-0.4, -0.2) is 49.0 Å². The molecule has 1 aliphatic heterocycles. The molecule has 1 fully saturated rings. The first-order chi connectivity index (χ1) is 6.77. The molecule has 0 radical (unpaired) electrons. The van der Waals surface area contributed by atoms with Crippen molar-refractivity contribution in [1.29, 1.82) is 0 Å². The summed E-state index contributed by atoms with van der Waals surface area (Å²) < 4.78 is 5.26. The lowest BCUT2D eigenvalue weighted by atomic mass is 9.99. The second-order valence-corrected chi connectivity index (χ2v) is 4.01. The molecule has 0 aromatic rings. The smallest absolute Gasteiger partial charge is 0.0603 e. The summed E-state index contributed by atoms with van der Waals surface area (Å²) in [6.07, 6.45) is 1.74. The van der Waals surface area contributed by atoms with Gasteiger partial charge in [0.25, 0.3) is 0 Å². The molecule has 0 spiro atoms. The third kappa shape index (κ3) is 3.56. The Morgan fingerprint density at radius 3 is 2.64 bits per heavy atom. The van der Waals surface area contributed by atoms with E-state index in [0.717, 1.165) is 45.7 Å². The van der Waals surface area contributed by atoms with Crippen molar-refractivity contribution in [2.24, 2.45) is 5.92 Å². The summed E-state index contributed by atoms with van der Waals surface area (Å²) in [4.78, 5) is 2.35. The maximum atomic E-state index is 9.88. The van der Waals surface area contributed by atoms with Crippen LogP contribution < -0.4 is 0 Å². The predicted molar refractivity (Wildman–Crippen MR) is 57.3 cm³/mol. The molecule has 1 rings (SSSR count). The molecule has 1 heterocycles. The molecule has 14 heavy (non-hydrogen) atoms. The topological polar surface area (TPSA) is 32.7 Å². The molecular weight excluding hydrogens is 178 g/mol. The Bertz CT molecular complexity index is 142. The summed E-state index contributed by atoms with van der Waals surface area (Å²) in [5.41, 5.74) is 0. The normalized spacial score (nSPS) is 24.4. The largest absolute Gasteiger partial charge is 0.393 e. The maximum Gasteiger partial charge on any atom is 0.0603 e. The zero-order valence-electron chi connectivity index (χ0n) is 9.41. The second kappa shape index (κ2) is 6.38. The molecule has 0 aromatic heterocycles. The first-order valence-corrected chi connectivity index (χ1v) is 5.76. The van der Waals surface area contributed by atoms with Crippen LogP contribution in [0.25, 0.3) is 0 Å². The van der Waals surface area contributed by atoms with E-state index in [2.05, 4.69) is 18.7 Å². The lowest BCUT2D eigenvalue weighted by Crippen LogP contribution is -2.30. The van der Waals surface area contributed by atoms with Gasteiger partial charge in [0, 0.05) is 19.1 Å². The Balaban J connectivity index is 2.15. The minimum Gasteiger partial charge on any atom is -0.393 e. The summed E-state index contributed by atoms with van der Waals surface area (Å²) in [6.45, 7) is 9.05. The highest BCUT2D eigenvalue weighted by atomic mass is 16.5. The minimum absolute atomic E-state index is 0.168. The molecule has 3 heteroatoms. The Morgan fingerprint density at radius 2 is 2.14 bits per heavy atom. The van der Waals surface area contributed by atoms with E-state index in [9.17, 15) is 5.11 Å². The van der Waals surface area contributed by atoms with Crippen LogP contribution >= 0.6 is 0 Å². The van der Waals surface area contributed by atoms with Gasteiger partial charge in [-0.15, -0.1) is 0 Å². The van der Waals surface area contributed by atoms with Gasteiger partial charge in [-0.3, -0.25) is 0 Å². The van der Waals surface area contributed by atoms with Gasteiger partial charge in [-0.05, 0) is 25.9 Å². The summed E-state index contributed by atoms with van der Waals surface area (Å²) in [5, 5.41) is 9.88. The third-order valence-corrected chi connectivity index (χ3v) is 3.14. The zero-order valence-corrected chi connectivity index (χ0v) is 9.41. The van der Waals surface area contributed by atoms with E-state index in [4.69, 9.17) is 4.74 Å². The lowest BCUT2D eigenvalue weighted by molar-refractivity contribution is 0.0751. The third-order valence-electron chi connectivity index (χ3n) is 3.14. The number of aliphatic hydroxyl groups is 1. The van der Waals surface area contributed by atoms with Gasteiger partial charge >= 0.3 is 0 Å². The Morgan fingerprint density at radius 1 is 1.43 bits per heavy atom. The van der Waals surface area contributed by atoms with Gasteiger partial charge in [-0.2, -0.15) is 0 Å². The number of ether oxygens (including phenoxy) is 1. The van der Waals surface area contributed by atoms with Crippen LogP contribution in [0.3, 0.4) is 0 Å². The second-order valence-electron chi connectivity index (χ2n) is 4.01. The van der Waals surface area contributed by atoms with Gasteiger partial charge in [0.15, 0.2) is 0 Å². The van der Waals surface area contributed by atoms with Crippen molar-refractivity contribution < 1.29 is 9.84 Å². The molecule has 0 aromatic carbocycles. The monoisotopic (exact) mass is 201 g/mol. The fraction of sp³-hybridized carbons (Fsp3) is 1.00. The molecule has 1 N–H and O–H groups in total. The molecule has 0 bridgehead atoms. The van der Waals surface area contributed by atoms with Crippen molar-refractivity contribution in [3.63, 3.8) is 0 Å². The molecule has 2 unspecified atom stereocenters. The number of hydrogen-bond donors (Lipinski definition) is 1. The highest BCUT2D eigenvalue weighted by Gasteiger charge is 2.23. The number of aliphatic hydroxyl groups excluding tert-OH is 1. The first-order valence-electron chi connectivity index (χ1n) is 5.76. The predicted octanol–water partition coefficient (Wildman–Crippen LogP) is 1.12. The van der Waals surface area contributed by atoms with E-state index in [-0.39, 0.29) is 6.10 Å². The zero-order chi connectivity index (χ0) is 10.4. The van der Waals surface area contributed by atoms with Crippen LogP contribution in [-0.2, 0) is 4.74 Å². The van der Waals surface area contributed by atoms with Crippen molar-refractivity contribution in [2.75, 3.05) is 32.8 Å². The average molecular weight is 201 g/mol. The van der Waals surface area contributed by atoms with Crippen LogP contribution in [0, 0.1) is 5.92 Å². The van der Waals surface area contributed by atoms with Crippen molar-refractivity contribution in [1.82, 2.24) is 4.90 Å². The standard InChI is InChI=1S/C11H23NO2/c1-3-12(4-2)7-5-11(13)10-6-8-14-9-10/h10-11,13H,3-9H2,1-2H3. The summed E-state index contributed by atoms with van der Waals surface area (Å²) >= 11 is 0. The van der Waals surface area contributed by atoms with E-state index < -0.39 is 0 Å². The minimum atomic E-state index is -0.168. The molecule has 3 nitrogen and oxygen atoms in total. The molecule has 0 saturated carbocycles. The fourth-order valence-electron chi connectivity index (χ4n) is 1.95. The maximum absolute atomic E-state index is 9.88. The van der Waals surface area contributed by atoms with Crippen LogP contribution in [0.5, 0.6) is 0 Å². The highest BCUT2D eigenvalue weighted by Crippen LogP contribution is 2.18. The Hall–Kier alpha value is -0.120. The summed E-state index contributed by atoms with van der Waals surface area (Å²) in [5.74, 6) is 0.380. The van der Waals surface area contributed by atoms with Crippen molar-refractivity contribution in [2.45, 2.75) is 32.8 Å². The average Bonchev–Trinajstić information content (AvgIpc) is 2.72. The quantitative estimate of drug-likeness (QED) is 0.699. The molecule has 2 atom stereocenters. The van der Waals surface area contributed by atoms with E-state index in [1.54, 1.807) is 0 Å². The number of rotatable bonds is 6.